The van der Waals surface area contributed by atoms with E-state index in [4.69, 9.17) is 4.74 Å². The molecule has 0 spiro atoms. The summed E-state index contributed by atoms with van der Waals surface area (Å²) in [5.41, 5.74) is 0. The van der Waals surface area contributed by atoms with Gasteiger partial charge in [0.2, 0.25) is 0 Å². The van der Waals surface area contributed by atoms with E-state index >= 15 is 0 Å². The number of ether oxygens (including phenoxy) is 1. The fraction of sp³-hybridized carbons (Fsp3) is 0.792. The SMILES string of the molecule is CCCCC/C=C/C/C=C/CCCCCCCC(=O)OCC(O)COP(=O)(O)OCCC. The highest BCUT2D eigenvalue weighted by Gasteiger charge is 2.22. The van der Waals surface area contributed by atoms with Gasteiger partial charge >= 0.3 is 13.8 Å². The molecule has 0 radical (unpaired) electrons. The molecule has 0 bridgehead atoms. The molecule has 188 valence electrons. The van der Waals surface area contributed by atoms with Crippen molar-refractivity contribution < 1.29 is 33.1 Å². The summed E-state index contributed by atoms with van der Waals surface area (Å²) in [4.78, 5) is 21.1. The predicted octanol–water partition coefficient (Wildman–Crippen LogP) is 6.25. The fourth-order valence-corrected chi connectivity index (χ4v) is 3.66. The fourth-order valence-electron chi connectivity index (χ4n) is 2.81. The van der Waals surface area contributed by atoms with E-state index in [1.54, 1.807) is 6.92 Å². The lowest BCUT2D eigenvalue weighted by atomic mass is 10.1. The first-order valence-electron chi connectivity index (χ1n) is 12.2. The average Bonchev–Trinajstić information content (AvgIpc) is 2.77. The molecule has 0 rings (SSSR count). The quantitative estimate of drug-likeness (QED) is 0.0824. The van der Waals surface area contributed by atoms with E-state index in [-0.39, 0.29) is 19.2 Å². The maximum Gasteiger partial charge on any atom is 0.472 e. The van der Waals surface area contributed by atoms with E-state index in [0.717, 1.165) is 44.9 Å². The van der Waals surface area contributed by atoms with Gasteiger partial charge in [0.05, 0.1) is 13.2 Å². The van der Waals surface area contributed by atoms with Crippen LogP contribution in [0.4, 0.5) is 0 Å². The van der Waals surface area contributed by atoms with E-state index < -0.39 is 20.5 Å². The van der Waals surface area contributed by atoms with Crippen LogP contribution in [0.2, 0.25) is 0 Å². The molecule has 0 amide bonds. The van der Waals surface area contributed by atoms with E-state index in [9.17, 15) is 19.4 Å². The van der Waals surface area contributed by atoms with Crippen molar-refractivity contribution in [2.24, 2.45) is 0 Å². The lowest BCUT2D eigenvalue weighted by Crippen LogP contribution is -2.23. The summed E-state index contributed by atoms with van der Waals surface area (Å²) in [6.07, 6.45) is 20.9. The van der Waals surface area contributed by atoms with Gasteiger partial charge in [-0.25, -0.2) is 4.57 Å². The molecular weight excluding hydrogens is 431 g/mol. The van der Waals surface area contributed by atoms with Crippen LogP contribution in [-0.4, -0.2) is 41.9 Å². The van der Waals surface area contributed by atoms with Crippen molar-refractivity contribution in [1.82, 2.24) is 0 Å². The topological polar surface area (TPSA) is 102 Å². The number of hydrogen-bond donors (Lipinski definition) is 2. The molecule has 2 N–H and O–H groups in total. The summed E-state index contributed by atoms with van der Waals surface area (Å²) in [6, 6.07) is 0. The number of esters is 1. The molecule has 0 aliphatic heterocycles. The zero-order valence-electron chi connectivity index (χ0n) is 20.1. The molecule has 2 unspecified atom stereocenters. The Labute approximate surface area is 194 Å². The Kier molecular flexibility index (Phi) is 21.2. The molecule has 0 aromatic rings. The van der Waals surface area contributed by atoms with Crippen LogP contribution in [0.15, 0.2) is 24.3 Å². The minimum Gasteiger partial charge on any atom is -0.463 e. The van der Waals surface area contributed by atoms with Gasteiger partial charge in [-0.05, 0) is 44.9 Å². The summed E-state index contributed by atoms with van der Waals surface area (Å²) in [7, 11) is -4.16. The van der Waals surface area contributed by atoms with Gasteiger partial charge < -0.3 is 14.7 Å². The van der Waals surface area contributed by atoms with Gasteiger partial charge in [-0.3, -0.25) is 13.8 Å². The molecule has 0 aromatic carbocycles. The van der Waals surface area contributed by atoms with Crippen LogP contribution in [0.25, 0.3) is 0 Å². The van der Waals surface area contributed by atoms with Gasteiger partial charge in [-0.2, -0.15) is 0 Å². The van der Waals surface area contributed by atoms with Crippen LogP contribution in [-0.2, 0) is 23.1 Å². The number of rotatable bonds is 22. The lowest BCUT2D eigenvalue weighted by molar-refractivity contribution is -0.147. The van der Waals surface area contributed by atoms with Crippen LogP contribution in [0.5, 0.6) is 0 Å². The molecule has 0 aliphatic carbocycles. The second-order valence-corrected chi connectivity index (χ2v) is 9.37. The summed E-state index contributed by atoms with van der Waals surface area (Å²) in [6.45, 7) is 3.40. The van der Waals surface area contributed by atoms with Gasteiger partial charge in [-0.1, -0.05) is 70.3 Å². The summed E-state index contributed by atoms with van der Waals surface area (Å²) < 4.78 is 25.8. The molecule has 0 aromatic heterocycles. The molecule has 0 aliphatic rings. The molecular formula is C24H45O7P. The molecule has 2 atom stereocenters. The third-order valence-corrected chi connectivity index (χ3v) is 5.64. The minimum absolute atomic E-state index is 0.0897. The van der Waals surface area contributed by atoms with E-state index in [0.29, 0.717) is 12.8 Å². The summed E-state index contributed by atoms with van der Waals surface area (Å²) in [5.74, 6) is -0.385. The van der Waals surface area contributed by atoms with Gasteiger partial charge in [0.15, 0.2) is 0 Å². The van der Waals surface area contributed by atoms with E-state index in [2.05, 4.69) is 40.3 Å². The zero-order valence-corrected chi connectivity index (χ0v) is 21.0. The van der Waals surface area contributed by atoms with Gasteiger partial charge in [0.25, 0.3) is 0 Å². The Hall–Kier alpha value is -0.980. The Morgan fingerprint density at radius 1 is 0.844 bits per heavy atom. The zero-order chi connectivity index (χ0) is 23.9. The number of hydrogen-bond acceptors (Lipinski definition) is 6. The largest absolute Gasteiger partial charge is 0.472 e. The Bertz CT molecular complexity index is 548. The molecule has 0 saturated carbocycles. The van der Waals surface area contributed by atoms with Crippen molar-refractivity contribution in [1.29, 1.82) is 0 Å². The van der Waals surface area contributed by atoms with Crippen molar-refractivity contribution in [3.05, 3.63) is 24.3 Å². The van der Waals surface area contributed by atoms with Crippen LogP contribution in [0, 0.1) is 0 Å². The number of allylic oxidation sites excluding steroid dienone is 4. The average molecular weight is 477 g/mol. The van der Waals surface area contributed by atoms with Gasteiger partial charge in [0.1, 0.15) is 12.7 Å². The Morgan fingerprint density at radius 2 is 1.47 bits per heavy atom. The van der Waals surface area contributed by atoms with Gasteiger partial charge in [-0.15, -0.1) is 0 Å². The standard InChI is InChI=1S/C24H45O7P/c1-3-5-6-7-8-9-10-11-12-13-14-15-16-17-18-19-24(26)29-21-23(25)22-31-32(27,28)30-20-4-2/h8-9,11-12,23,25H,3-7,10,13-22H2,1-2H3,(H,27,28)/b9-8+,12-11+. The molecule has 0 heterocycles. The summed E-state index contributed by atoms with van der Waals surface area (Å²) >= 11 is 0. The second kappa shape index (κ2) is 21.8. The highest BCUT2D eigenvalue weighted by atomic mass is 31.2. The van der Waals surface area contributed by atoms with Crippen molar-refractivity contribution in [3.8, 4) is 0 Å². The molecule has 8 heteroatoms. The van der Waals surface area contributed by atoms with Crippen LogP contribution < -0.4 is 0 Å². The highest BCUT2D eigenvalue weighted by Crippen LogP contribution is 2.43. The number of carbonyl (C=O) groups excluding carboxylic acids is 1. The highest BCUT2D eigenvalue weighted by molar-refractivity contribution is 7.47. The summed E-state index contributed by atoms with van der Waals surface area (Å²) in [5, 5.41) is 9.69. The smallest absolute Gasteiger partial charge is 0.463 e. The maximum absolute atomic E-state index is 11.7. The first kappa shape index (κ1) is 31.0. The number of phosphoric ester groups is 1. The Balaban J connectivity index is 3.54. The third-order valence-electron chi connectivity index (χ3n) is 4.66. The van der Waals surface area contributed by atoms with Crippen molar-refractivity contribution in [2.75, 3.05) is 19.8 Å². The molecule has 32 heavy (non-hydrogen) atoms. The number of phosphoric acid groups is 1. The Morgan fingerprint density at radius 3 is 2.12 bits per heavy atom. The number of unbranched alkanes of at least 4 members (excludes halogenated alkanes) is 8. The lowest BCUT2D eigenvalue weighted by Gasteiger charge is -2.15. The van der Waals surface area contributed by atoms with Crippen LogP contribution in [0.1, 0.15) is 97.3 Å². The van der Waals surface area contributed by atoms with E-state index in [1.165, 1.54) is 25.7 Å². The minimum atomic E-state index is -4.16. The van der Waals surface area contributed by atoms with Crippen molar-refractivity contribution in [2.45, 2.75) is 103 Å². The number of aliphatic hydroxyl groups is 1. The van der Waals surface area contributed by atoms with Crippen molar-refractivity contribution in [3.63, 3.8) is 0 Å². The van der Waals surface area contributed by atoms with Crippen LogP contribution >= 0.6 is 7.82 Å². The number of aliphatic hydroxyl groups excluding tert-OH is 1. The first-order chi connectivity index (χ1) is 15.4. The predicted molar refractivity (Wildman–Crippen MR) is 128 cm³/mol. The first-order valence-corrected chi connectivity index (χ1v) is 13.7. The number of carbonyl (C=O) groups is 1. The van der Waals surface area contributed by atoms with Crippen LogP contribution in [0.3, 0.4) is 0 Å². The van der Waals surface area contributed by atoms with Crippen molar-refractivity contribution >= 4 is 13.8 Å². The molecule has 0 fully saturated rings. The molecule has 0 saturated heterocycles. The molecule has 7 nitrogen and oxygen atoms in total. The van der Waals surface area contributed by atoms with E-state index in [1.807, 2.05) is 0 Å². The maximum atomic E-state index is 11.7. The monoisotopic (exact) mass is 476 g/mol. The van der Waals surface area contributed by atoms with Gasteiger partial charge in [0, 0.05) is 6.42 Å². The normalized spacial score (nSPS) is 14.8. The second-order valence-electron chi connectivity index (χ2n) is 7.92. The third kappa shape index (κ3) is 22.2.